The Bertz CT molecular complexity index is 540. The highest BCUT2D eigenvalue weighted by atomic mass is 127. The van der Waals surface area contributed by atoms with Gasteiger partial charge in [-0.3, -0.25) is 0 Å². The maximum absolute atomic E-state index is 5.81. The molecule has 0 bridgehead atoms. The zero-order valence-corrected chi connectivity index (χ0v) is 11.7. The number of nitrogen functional groups attached to an aromatic ring is 1. The molecule has 0 fully saturated rings. The molecule has 0 saturated carbocycles. The first-order valence-electron chi connectivity index (χ1n) is 5.08. The first-order valence-corrected chi connectivity index (χ1v) is 6.16. The van der Waals surface area contributed by atoms with Gasteiger partial charge in [0.1, 0.15) is 5.75 Å². The minimum Gasteiger partial charge on any atom is -0.424 e. The molecule has 5 heteroatoms. The summed E-state index contributed by atoms with van der Waals surface area (Å²) in [4.78, 5) is 8.19. The highest BCUT2D eigenvalue weighted by Crippen LogP contribution is 2.27. The van der Waals surface area contributed by atoms with Crippen LogP contribution in [0.3, 0.4) is 0 Å². The van der Waals surface area contributed by atoms with Gasteiger partial charge in [-0.1, -0.05) is 0 Å². The zero-order chi connectivity index (χ0) is 12.4. The van der Waals surface area contributed by atoms with E-state index in [2.05, 4.69) is 32.6 Å². The van der Waals surface area contributed by atoms with Crippen molar-refractivity contribution in [3.8, 4) is 11.8 Å². The largest absolute Gasteiger partial charge is 0.424 e. The van der Waals surface area contributed by atoms with Crippen molar-refractivity contribution in [2.45, 2.75) is 13.8 Å². The van der Waals surface area contributed by atoms with Crippen LogP contribution in [-0.4, -0.2) is 9.97 Å². The summed E-state index contributed by atoms with van der Waals surface area (Å²) in [6, 6.07) is 4.13. The number of hydrogen-bond acceptors (Lipinski definition) is 4. The van der Waals surface area contributed by atoms with Gasteiger partial charge in [-0.2, -0.15) is 0 Å². The van der Waals surface area contributed by atoms with Gasteiger partial charge in [0.25, 0.3) is 0 Å². The topological polar surface area (TPSA) is 61.0 Å². The van der Waals surface area contributed by atoms with E-state index in [9.17, 15) is 0 Å². The first-order chi connectivity index (χ1) is 8.06. The number of hydrogen-bond donors (Lipinski definition) is 1. The fourth-order valence-electron chi connectivity index (χ4n) is 1.37. The first kappa shape index (κ1) is 12.1. The maximum atomic E-state index is 5.81. The molecule has 1 heterocycles. The molecular weight excluding hydrogens is 329 g/mol. The van der Waals surface area contributed by atoms with Crippen molar-refractivity contribution in [3.05, 3.63) is 39.2 Å². The van der Waals surface area contributed by atoms with E-state index in [-0.39, 0.29) is 0 Å². The van der Waals surface area contributed by atoms with E-state index in [0.717, 1.165) is 26.1 Å². The lowest BCUT2D eigenvalue weighted by molar-refractivity contribution is 0.438. The summed E-state index contributed by atoms with van der Waals surface area (Å²) in [7, 11) is 0. The number of aryl methyl sites for hydroxylation is 2. The Balaban J connectivity index is 2.30. The van der Waals surface area contributed by atoms with Gasteiger partial charge in [-0.15, -0.1) is 0 Å². The normalized spacial score (nSPS) is 10.3. The number of anilines is 1. The lowest BCUT2D eigenvalue weighted by Gasteiger charge is -2.09. The van der Waals surface area contributed by atoms with Crippen LogP contribution >= 0.6 is 22.6 Å². The second-order valence-corrected chi connectivity index (χ2v) is 5.01. The predicted octanol–water partition coefficient (Wildman–Crippen LogP) is 3.07. The summed E-state index contributed by atoms with van der Waals surface area (Å²) < 4.78 is 6.59. The Morgan fingerprint density at radius 1 is 1.12 bits per heavy atom. The maximum Gasteiger partial charge on any atom is 0.321 e. The predicted molar refractivity (Wildman–Crippen MR) is 75.2 cm³/mol. The van der Waals surface area contributed by atoms with Crippen molar-refractivity contribution in [2.24, 2.45) is 0 Å². The van der Waals surface area contributed by atoms with E-state index in [1.165, 1.54) is 0 Å². The Kier molecular flexibility index (Phi) is 3.46. The highest BCUT2D eigenvalue weighted by Gasteiger charge is 2.06. The minimum absolute atomic E-state index is 0.345. The average molecular weight is 341 g/mol. The number of nitrogens with two attached hydrogens (primary N) is 1. The Labute approximate surface area is 113 Å². The monoisotopic (exact) mass is 341 g/mol. The van der Waals surface area contributed by atoms with Crippen molar-refractivity contribution in [2.75, 3.05) is 5.73 Å². The quantitative estimate of drug-likeness (QED) is 0.674. The second-order valence-electron chi connectivity index (χ2n) is 3.76. The fourth-order valence-corrected chi connectivity index (χ4v) is 1.65. The van der Waals surface area contributed by atoms with E-state index >= 15 is 0 Å². The van der Waals surface area contributed by atoms with Gasteiger partial charge in [-0.25, -0.2) is 9.97 Å². The van der Waals surface area contributed by atoms with E-state index in [1.54, 1.807) is 12.4 Å². The standard InChI is InChI=1S/C12H12IN3O/c1-7-4-11(8(2)3-10(7)14)17-12-15-5-9(13)6-16-12/h3-6H,14H2,1-2H3. The summed E-state index contributed by atoms with van der Waals surface area (Å²) in [5.74, 6) is 0.734. The molecule has 0 saturated heterocycles. The SMILES string of the molecule is Cc1cc(Oc2ncc(I)cn2)c(C)cc1N. The Morgan fingerprint density at radius 3 is 2.41 bits per heavy atom. The smallest absolute Gasteiger partial charge is 0.321 e. The molecule has 1 aromatic carbocycles. The highest BCUT2D eigenvalue weighted by molar-refractivity contribution is 14.1. The molecule has 0 amide bonds. The molecule has 0 aliphatic rings. The molecular formula is C12H12IN3O. The molecule has 2 rings (SSSR count). The van der Waals surface area contributed by atoms with Crippen molar-refractivity contribution in [1.29, 1.82) is 0 Å². The Hall–Kier alpha value is -1.37. The van der Waals surface area contributed by atoms with Gasteiger partial charge >= 0.3 is 6.01 Å². The van der Waals surface area contributed by atoms with E-state index in [4.69, 9.17) is 10.5 Å². The number of ether oxygens (including phenoxy) is 1. The van der Waals surface area contributed by atoms with Crippen LogP contribution in [0.4, 0.5) is 5.69 Å². The third-order valence-corrected chi connectivity index (χ3v) is 2.92. The molecule has 2 N–H and O–H groups in total. The van der Waals surface area contributed by atoms with Crippen LogP contribution in [0.1, 0.15) is 11.1 Å². The van der Waals surface area contributed by atoms with Crippen LogP contribution in [-0.2, 0) is 0 Å². The summed E-state index contributed by atoms with van der Waals surface area (Å²) in [6.45, 7) is 3.88. The molecule has 0 atom stereocenters. The van der Waals surface area contributed by atoms with Gasteiger partial charge in [0.15, 0.2) is 0 Å². The van der Waals surface area contributed by atoms with Crippen molar-refractivity contribution in [3.63, 3.8) is 0 Å². The number of nitrogens with zero attached hydrogens (tertiary/aromatic N) is 2. The van der Waals surface area contributed by atoms with Crippen LogP contribution < -0.4 is 10.5 Å². The van der Waals surface area contributed by atoms with Crippen molar-refractivity contribution >= 4 is 28.3 Å². The van der Waals surface area contributed by atoms with Crippen LogP contribution in [0, 0.1) is 17.4 Å². The number of benzene rings is 1. The molecule has 0 spiro atoms. The number of aromatic nitrogens is 2. The molecule has 1 aromatic heterocycles. The lowest BCUT2D eigenvalue weighted by atomic mass is 10.1. The number of rotatable bonds is 2. The molecule has 17 heavy (non-hydrogen) atoms. The molecule has 0 aliphatic carbocycles. The summed E-state index contributed by atoms with van der Waals surface area (Å²) in [6.07, 6.45) is 3.42. The number of halogens is 1. The van der Waals surface area contributed by atoms with Crippen molar-refractivity contribution < 1.29 is 4.74 Å². The summed E-state index contributed by atoms with van der Waals surface area (Å²) in [5.41, 5.74) is 8.53. The second kappa shape index (κ2) is 4.87. The van der Waals surface area contributed by atoms with Crippen LogP contribution in [0.25, 0.3) is 0 Å². The molecule has 0 aliphatic heterocycles. The molecule has 2 aromatic rings. The Morgan fingerprint density at radius 2 is 1.76 bits per heavy atom. The molecule has 0 unspecified atom stereocenters. The summed E-state index contributed by atoms with van der Waals surface area (Å²) in [5, 5.41) is 0. The summed E-state index contributed by atoms with van der Waals surface area (Å²) >= 11 is 2.15. The van der Waals surface area contributed by atoms with Crippen LogP contribution in [0.2, 0.25) is 0 Å². The minimum atomic E-state index is 0.345. The van der Waals surface area contributed by atoms with Crippen LogP contribution in [0.5, 0.6) is 11.8 Å². The average Bonchev–Trinajstić information content (AvgIpc) is 2.29. The van der Waals surface area contributed by atoms with Gasteiger partial charge in [0.05, 0.1) is 0 Å². The lowest BCUT2D eigenvalue weighted by Crippen LogP contribution is -1.96. The molecule has 0 radical (unpaired) electrons. The van der Waals surface area contributed by atoms with E-state index in [1.807, 2.05) is 26.0 Å². The van der Waals surface area contributed by atoms with Gasteiger partial charge in [0.2, 0.25) is 0 Å². The molecule has 88 valence electrons. The van der Waals surface area contributed by atoms with E-state index in [0.29, 0.717) is 6.01 Å². The fraction of sp³-hybridized carbons (Fsp3) is 0.167. The molecule has 4 nitrogen and oxygen atoms in total. The van der Waals surface area contributed by atoms with E-state index < -0.39 is 0 Å². The van der Waals surface area contributed by atoms with Gasteiger partial charge < -0.3 is 10.5 Å². The third-order valence-electron chi connectivity index (χ3n) is 2.36. The zero-order valence-electron chi connectivity index (χ0n) is 9.57. The third kappa shape index (κ3) is 2.85. The van der Waals surface area contributed by atoms with Crippen LogP contribution in [0.15, 0.2) is 24.5 Å². The van der Waals surface area contributed by atoms with Crippen molar-refractivity contribution in [1.82, 2.24) is 9.97 Å². The van der Waals surface area contributed by atoms with Gasteiger partial charge in [0, 0.05) is 21.7 Å². The van der Waals surface area contributed by atoms with Gasteiger partial charge in [-0.05, 0) is 59.7 Å².